The van der Waals surface area contributed by atoms with E-state index >= 15 is 0 Å². The summed E-state index contributed by atoms with van der Waals surface area (Å²) < 4.78 is 0. The Hall–Kier alpha value is -2.03. The topological polar surface area (TPSA) is 86.7 Å². The van der Waals surface area contributed by atoms with E-state index in [0.717, 1.165) is 22.2 Å². The molecule has 8 heteroatoms. The van der Waals surface area contributed by atoms with Crippen LogP contribution < -0.4 is 5.32 Å². The lowest BCUT2D eigenvalue weighted by Crippen LogP contribution is -2.47. The third-order valence-electron chi connectivity index (χ3n) is 3.91. The van der Waals surface area contributed by atoms with Crippen molar-refractivity contribution in [3.63, 3.8) is 0 Å². The zero-order chi connectivity index (χ0) is 18.5. The molecular formula is C18H18N2O4S2. The van der Waals surface area contributed by atoms with E-state index in [2.05, 4.69) is 5.32 Å². The van der Waals surface area contributed by atoms with Crippen LogP contribution in [0.2, 0.25) is 0 Å². The normalized spacial score (nSPS) is 24.8. The fraction of sp³-hybridized carbons (Fsp3) is 0.278. The molecule has 0 unspecified atom stereocenters. The Kier molecular flexibility index (Phi) is 6.18. The Labute approximate surface area is 159 Å². The van der Waals surface area contributed by atoms with Gasteiger partial charge in [0.05, 0.1) is 17.1 Å². The van der Waals surface area contributed by atoms with Crippen LogP contribution in [0, 0.1) is 0 Å². The number of aliphatic hydroxyl groups is 1. The SMILES string of the molecule is O=C(CN1C(=O)S/C(=C\C=C\c2ccccc2)C1=O)N[C@@H]1CSC[C@@H]1O. The predicted octanol–water partition coefficient (Wildman–Crippen LogP) is 1.87. The van der Waals surface area contributed by atoms with E-state index in [0.29, 0.717) is 11.5 Å². The number of thioether (sulfide) groups is 2. The summed E-state index contributed by atoms with van der Waals surface area (Å²) in [4.78, 5) is 37.7. The maximum absolute atomic E-state index is 12.3. The number of amides is 3. The number of nitrogens with one attached hydrogen (secondary N) is 1. The first-order valence-electron chi connectivity index (χ1n) is 8.07. The summed E-state index contributed by atoms with van der Waals surface area (Å²) in [5.74, 6) is 0.274. The van der Waals surface area contributed by atoms with Gasteiger partial charge in [-0.25, -0.2) is 0 Å². The van der Waals surface area contributed by atoms with Crippen LogP contribution in [-0.4, -0.2) is 57.3 Å². The van der Waals surface area contributed by atoms with Gasteiger partial charge in [-0.1, -0.05) is 42.5 Å². The van der Waals surface area contributed by atoms with Gasteiger partial charge in [-0.2, -0.15) is 11.8 Å². The van der Waals surface area contributed by atoms with E-state index in [1.54, 1.807) is 23.9 Å². The molecule has 2 atom stereocenters. The van der Waals surface area contributed by atoms with Gasteiger partial charge >= 0.3 is 0 Å². The van der Waals surface area contributed by atoms with Crippen molar-refractivity contribution in [2.45, 2.75) is 12.1 Å². The number of benzene rings is 1. The van der Waals surface area contributed by atoms with Gasteiger partial charge in [0, 0.05) is 11.5 Å². The first-order chi connectivity index (χ1) is 12.5. The highest BCUT2D eigenvalue weighted by atomic mass is 32.2. The number of hydrogen-bond acceptors (Lipinski definition) is 6. The van der Waals surface area contributed by atoms with Crippen molar-refractivity contribution in [2.24, 2.45) is 0 Å². The largest absolute Gasteiger partial charge is 0.390 e. The van der Waals surface area contributed by atoms with Crippen LogP contribution in [0.5, 0.6) is 0 Å². The van der Waals surface area contributed by atoms with Crippen molar-refractivity contribution < 1.29 is 19.5 Å². The fourth-order valence-electron chi connectivity index (χ4n) is 2.54. The van der Waals surface area contributed by atoms with Crippen LogP contribution in [-0.2, 0) is 9.59 Å². The van der Waals surface area contributed by atoms with Crippen LogP contribution in [0.15, 0.2) is 47.4 Å². The number of carbonyl (C=O) groups is 3. The molecule has 3 amide bonds. The summed E-state index contributed by atoms with van der Waals surface area (Å²) in [5.41, 5.74) is 0.982. The Morgan fingerprint density at radius 2 is 2.04 bits per heavy atom. The van der Waals surface area contributed by atoms with Crippen LogP contribution in [0.3, 0.4) is 0 Å². The molecule has 0 radical (unpaired) electrons. The number of imide groups is 1. The number of allylic oxidation sites excluding steroid dienone is 2. The van der Waals surface area contributed by atoms with Crippen LogP contribution in [0.1, 0.15) is 5.56 Å². The van der Waals surface area contributed by atoms with Gasteiger partial charge in [0.2, 0.25) is 5.91 Å². The molecule has 1 aromatic rings. The Bertz CT molecular complexity index is 764. The maximum atomic E-state index is 12.3. The molecule has 0 saturated carbocycles. The summed E-state index contributed by atoms with van der Waals surface area (Å²) in [5, 5.41) is 11.9. The van der Waals surface area contributed by atoms with E-state index in [1.165, 1.54) is 0 Å². The minimum Gasteiger partial charge on any atom is -0.390 e. The third-order valence-corrected chi connectivity index (χ3v) is 6.01. The van der Waals surface area contributed by atoms with Gasteiger partial charge in [0.25, 0.3) is 11.1 Å². The highest BCUT2D eigenvalue weighted by Gasteiger charge is 2.37. The highest BCUT2D eigenvalue weighted by Crippen LogP contribution is 2.30. The minimum absolute atomic E-state index is 0.284. The molecule has 0 bridgehead atoms. The van der Waals surface area contributed by atoms with Crippen molar-refractivity contribution in [3.05, 3.63) is 53.0 Å². The molecule has 2 aliphatic rings. The molecular weight excluding hydrogens is 372 g/mol. The Morgan fingerprint density at radius 1 is 1.27 bits per heavy atom. The second kappa shape index (κ2) is 8.57. The smallest absolute Gasteiger partial charge is 0.294 e. The molecule has 2 aliphatic heterocycles. The van der Waals surface area contributed by atoms with Gasteiger partial charge in [-0.05, 0) is 23.4 Å². The van der Waals surface area contributed by atoms with E-state index in [4.69, 9.17) is 0 Å². The van der Waals surface area contributed by atoms with Gasteiger partial charge < -0.3 is 10.4 Å². The second-order valence-corrected chi connectivity index (χ2v) is 7.91. The zero-order valence-electron chi connectivity index (χ0n) is 13.8. The minimum atomic E-state index is -0.595. The molecule has 2 fully saturated rings. The molecule has 3 rings (SSSR count). The number of hydrogen-bond donors (Lipinski definition) is 2. The molecule has 0 aliphatic carbocycles. The average molecular weight is 390 g/mol. The summed E-state index contributed by atoms with van der Waals surface area (Å²) >= 11 is 2.37. The van der Waals surface area contributed by atoms with Gasteiger partial charge in [-0.15, -0.1) is 0 Å². The number of aliphatic hydroxyl groups excluding tert-OH is 1. The molecule has 2 N–H and O–H groups in total. The number of carbonyl (C=O) groups excluding carboxylic acids is 3. The van der Waals surface area contributed by atoms with Crippen LogP contribution in [0.25, 0.3) is 6.08 Å². The summed E-state index contributed by atoms with van der Waals surface area (Å²) in [6.07, 6.45) is 4.52. The quantitative estimate of drug-likeness (QED) is 0.747. The molecule has 1 aromatic carbocycles. The molecule has 2 saturated heterocycles. The van der Waals surface area contributed by atoms with Crippen molar-refractivity contribution in [1.82, 2.24) is 10.2 Å². The molecule has 0 aromatic heterocycles. The first kappa shape index (κ1) is 18.8. The predicted molar refractivity (Wildman–Crippen MR) is 104 cm³/mol. The average Bonchev–Trinajstić information content (AvgIpc) is 3.14. The van der Waals surface area contributed by atoms with E-state index in [-0.39, 0.29) is 17.5 Å². The van der Waals surface area contributed by atoms with Crippen molar-refractivity contribution in [2.75, 3.05) is 18.1 Å². The van der Waals surface area contributed by atoms with E-state index in [1.807, 2.05) is 36.4 Å². The lowest BCUT2D eigenvalue weighted by molar-refractivity contribution is -0.129. The van der Waals surface area contributed by atoms with E-state index in [9.17, 15) is 19.5 Å². The molecule has 26 heavy (non-hydrogen) atoms. The summed E-state index contributed by atoms with van der Waals surface area (Å²) in [6, 6.07) is 9.25. The van der Waals surface area contributed by atoms with Gasteiger partial charge in [0.15, 0.2) is 0 Å². The van der Waals surface area contributed by atoms with E-state index < -0.39 is 23.2 Å². The summed E-state index contributed by atoms with van der Waals surface area (Å²) in [7, 11) is 0. The second-order valence-electron chi connectivity index (χ2n) is 5.84. The monoisotopic (exact) mass is 390 g/mol. The number of nitrogens with zero attached hydrogens (tertiary/aromatic N) is 1. The molecule has 2 heterocycles. The molecule has 6 nitrogen and oxygen atoms in total. The van der Waals surface area contributed by atoms with Crippen molar-refractivity contribution >= 4 is 46.7 Å². The zero-order valence-corrected chi connectivity index (χ0v) is 15.5. The molecule has 0 spiro atoms. The lowest BCUT2D eigenvalue weighted by atomic mass is 10.2. The van der Waals surface area contributed by atoms with Crippen LogP contribution in [0.4, 0.5) is 4.79 Å². The maximum Gasteiger partial charge on any atom is 0.294 e. The first-order valence-corrected chi connectivity index (χ1v) is 10.0. The standard InChI is InChI=1S/C18H18N2O4S2/c21-14-11-25-10-13(14)19-16(22)9-20-17(23)15(26-18(20)24)8-4-7-12-5-2-1-3-6-12/h1-8,13-14,21H,9-11H2,(H,19,22)/b7-4+,15-8-/t13-,14+/m1/s1. The van der Waals surface area contributed by atoms with Crippen molar-refractivity contribution in [3.8, 4) is 0 Å². The van der Waals surface area contributed by atoms with Crippen LogP contribution >= 0.6 is 23.5 Å². The lowest BCUT2D eigenvalue weighted by Gasteiger charge is -2.18. The Morgan fingerprint density at radius 3 is 2.73 bits per heavy atom. The van der Waals surface area contributed by atoms with Gasteiger partial charge in [0.1, 0.15) is 6.54 Å². The summed E-state index contributed by atoms with van der Waals surface area (Å²) in [6.45, 7) is -0.335. The Balaban J connectivity index is 1.58. The third kappa shape index (κ3) is 4.57. The molecule has 136 valence electrons. The highest BCUT2D eigenvalue weighted by molar-refractivity contribution is 8.18. The van der Waals surface area contributed by atoms with Gasteiger partial charge in [-0.3, -0.25) is 19.3 Å². The fourth-order valence-corrected chi connectivity index (χ4v) is 4.50. The number of rotatable bonds is 5. The van der Waals surface area contributed by atoms with Crippen molar-refractivity contribution in [1.29, 1.82) is 0 Å².